The Balaban J connectivity index is 2.39. The molecule has 0 bridgehead atoms. The minimum atomic E-state index is -0.502. The SMILES string of the molecule is COC1(OC)Cc2cnccc21. The second-order valence-corrected chi connectivity index (χ2v) is 2.87. The van der Waals surface area contributed by atoms with Gasteiger partial charge in [-0.25, -0.2) is 0 Å². The second kappa shape index (κ2) is 2.54. The molecule has 2 rings (SSSR count). The van der Waals surface area contributed by atoms with Gasteiger partial charge in [-0.1, -0.05) is 0 Å². The Morgan fingerprint density at radius 1 is 1.42 bits per heavy atom. The van der Waals surface area contributed by atoms with Gasteiger partial charge >= 0.3 is 0 Å². The molecular weight excluding hydrogens is 154 g/mol. The summed E-state index contributed by atoms with van der Waals surface area (Å²) in [5, 5.41) is 0. The molecule has 3 nitrogen and oxygen atoms in total. The lowest BCUT2D eigenvalue weighted by molar-refractivity contribution is -0.230. The number of nitrogens with zero attached hydrogens (tertiary/aromatic N) is 1. The molecule has 0 fully saturated rings. The highest BCUT2D eigenvalue weighted by molar-refractivity contribution is 5.38. The van der Waals surface area contributed by atoms with Crippen molar-refractivity contribution in [2.45, 2.75) is 12.2 Å². The predicted molar refractivity (Wildman–Crippen MR) is 43.6 cm³/mol. The summed E-state index contributed by atoms with van der Waals surface area (Å²) in [4.78, 5) is 4.02. The maximum Gasteiger partial charge on any atom is 0.198 e. The van der Waals surface area contributed by atoms with Gasteiger partial charge in [0.2, 0.25) is 0 Å². The summed E-state index contributed by atoms with van der Waals surface area (Å²) in [7, 11) is 3.32. The van der Waals surface area contributed by atoms with Gasteiger partial charge in [0, 0.05) is 38.6 Å². The lowest BCUT2D eigenvalue weighted by Gasteiger charge is -2.40. The monoisotopic (exact) mass is 165 g/mol. The first-order valence-electron chi connectivity index (χ1n) is 3.86. The van der Waals surface area contributed by atoms with Gasteiger partial charge in [0.1, 0.15) is 0 Å². The number of rotatable bonds is 2. The molecule has 1 aromatic heterocycles. The topological polar surface area (TPSA) is 31.4 Å². The molecule has 0 aromatic carbocycles. The van der Waals surface area contributed by atoms with E-state index in [1.54, 1.807) is 20.4 Å². The molecule has 1 aliphatic carbocycles. The van der Waals surface area contributed by atoms with Crippen molar-refractivity contribution in [2.24, 2.45) is 0 Å². The summed E-state index contributed by atoms with van der Waals surface area (Å²) in [6, 6.07) is 1.94. The molecule has 3 heteroatoms. The maximum absolute atomic E-state index is 5.30. The van der Waals surface area contributed by atoms with Crippen molar-refractivity contribution < 1.29 is 9.47 Å². The average molecular weight is 165 g/mol. The van der Waals surface area contributed by atoms with Crippen LogP contribution in [0.15, 0.2) is 18.5 Å². The summed E-state index contributed by atoms with van der Waals surface area (Å²) < 4.78 is 10.6. The number of hydrogen-bond donors (Lipinski definition) is 0. The van der Waals surface area contributed by atoms with Crippen LogP contribution in [-0.2, 0) is 21.7 Å². The van der Waals surface area contributed by atoms with Crippen LogP contribution in [0.3, 0.4) is 0 Å². The van der Waals surface area contributed by atoms with E-state index in [2.05, 4.69) is 4.98 Å². The first-order valence-corrected chi connectivity index (χ1v) is 3.86. The highest BCUT2D eigenvalue weighted by atomic mass is 16.7. The van der Waals surface area contributed by atoms with E-state index in [0.717, 1.165) is 12.0 Å². The van der Waals surface area contributed by atoms with E-state index in [-0.39, 0.29) is 0 Å². The lowest BCUT2D eigenvalue weighted by Crippen LogP contribution is -2.42. The molecule has 0 amide bonds. The van der Waals surface area contributed by atoms with Crippen LogP contribution in [0, 0.1) is 0 Å². The average Bonchev–Trinajstić information content (AvgIpc) is 2.09. The molecular formula is C9H11NO2. The number of pyridine rings is 1. The molecule has 12 heavy (non-hydrogen) atoms. The molecule has 1 heterocycles. The molecule has 0 spiro atoms. The summed E-state index contributed by atoms with van der Waals surface area (Å²) in [6.45, 7) is 0. The van der Waals surface area contributed by atoms with E-state index in [1.807, 2.05) is 12.3 Å². The van der Waals surface area contributed by atoms with Crippen LogP contribution in [0.1, 0.15) is 11.1 Å². The lowest BCUT2D eigenvalue weighted by atomic mass is 9.83. The van der Waals surface area contributed by atoms with Crippen molar-refractivity contribution in [3.63, 3.8) is 0 Å². The van der Waals surface area contributed by atoms with Crippen molar-refractivity contribution in [3.8, 4) is 0 Å². The van der Waals surface area contributed by atoms with Gasteiger partial charge in [-0.3, -0.25) is 4.98 Å². The number of aromatic nitrogens is 1. The third-order valence-electron chi connectivity index (χ3n) is 2.40. The second-order valence-electron chi connectivity index (χ2n) is 2.87. The molecule has 0 unspecified atom stereocenters. The predicted octanol–water partition coefficient (Wildman–Crippen LogP) is 1.08. The van der Waals surface area contributed by atoms with Crippen LogP contribution in [0.5, 0.6) is 0 Å². The minimum absolute atomic E-state index is 0.502. The van der Waals surface area contributed by atoms with Crippen LogP contribution in [0.2, 0.25) is 0 Å². The Bertz CT molecular complexity index is 294. The molecule has 0 saturated carbocycles. The van der Waals surface area contributed by atoms with Crippen molar-refractivity contribution in [3.05, 3.63) is 29.6 Å². The van der Waals surface area contributed by atoms with Gasteiger partial charge < -0.3 is 9.47 Å². The molecule has 0 atom stereocenters. The first-order chi connectivity index (χ1) is 5.82. The van der Waals surface area contributed by atoms with Crippen LogP contribution in [0.25, 0.3) is 0 Å². The zero-order valence-electron chi connectivity index (χ0n) is 7.20. The zero-order chi connectivity index (χ0) is 8.60. The van der Waals surface area contributed by atoms with Gasteiger partial charge in [-0.15, -0.1) is 0 Å². The van der Waals surface area contributed by atoms with Gasteiger partial charge in [0.25, 0.3) is 0 Å². The highest BCUT2D eigenvalue weighted by Crippen LogP contribution is 2.41. The normalized spacial score (nSPS) is 18.2. The van der Waals surface area contributed by atoms with Crippen molar-refractivity contribution in [1.29, 1.82) is 0 Å². The summed E-state index contributed by atoms with van der Waals surface area (Å²) in [5.41, 5.74) is 2.31. The largest absolute Gasteiger partial charge is 0.349 e. The quantitative estimate of drug-likeness (QED) is 0.614. The molecule has 0 radical (unpaired) electrons. The fourth-order valence-electron chi connectivity index (χ4n) is 1.63. The van der Waals surface area contributed by atoms with Crippen molar-refractivity contribution >= 4 is 0 Å². The van der Waals surface area contributed by atoms with Crippen molar-refractivity contribution in [2.75, 3.05) is 14.2 Å². The number of fused-ring (bicyclic) bond motifs is 1. The molecule has 1 aromatic rings. The van der Waals surface area contributed by atoms with Crippen molar-refractivity contribution in [1.82, 2.24) is 4.98 Å². The van der Waals surface area contributed by atoms with Gasteiger partial charge in [-0.2, -0.15) is 0 Å². The molecule has 0 N–H and O–H groups in total. The van der Waals surface area contributed by atoms with E-state index >= 15 is 0 Å². The zero-order valence-corrected chi connectivity index (χ0v) is 7.20. The number of methoxy groups -OCH3 is 2. The van der Waals surface area contributed by atoms with E-state index < -0.39 is 5.79 Å². The molecule has 1 aliphatic rings. The maximum atomic E-state index is 5.30. The van der Waals surface area contributed by atoms with Gasteiger partial charge in [0.15, 0.2) is 5.79 Å². The number of ether oxygens (including phenoxy) is 2. The fraction of sp³-hybridized carbons (Fsp3) is 0.444. The fourth-order valence-corrected chi connectivity index (χ4v) is 1.63. The Labute approximate surface area is 71.3 Å². The van der Waals surface area contributed by atoms with E-state index in [0.29, 0.717) is 0 Å². The Morgan fingerprint density at radius 3 is 2.75 bits per heavy atom. The van der Waals surface area contributed by atoms with Gasteiger partial charge in [-0.05, 0) is 11.6 Å². The minimum Gasteiger partial charge on any atom is -0.349 e. The van der Waals surface area contributed by atoms with Crippen LogP contribution in [-0.4, -0.2) is 19.2 Å². The van der Waals surface area contributed by atoms with Crippen LogP contribution in [0.4, 0.5) is 0 Å². The first kappa shape index (κ1) is 7.71. The summed E-state index contributed by atoms with van der Waals surface area (Å²) in [5.74, 6) is -0.502. The van der Waals surface area contributed by atoms with E-state index in [1.165, 1.54) is 5.56 Å². The Hall–Kier alpha value is -0.930. The molecule has 0 saturated heterocycles. The van der Waals surface area contributed by atoms with E-state index in [9.17, 15) is 0 Å². The molecule has 0 aliphatic heterocycles. The highest BCUT2D eigenvalue weighted by Gasteiger charge is 2.43. The summed E-state index contributed by atoms with van der Waals surface area (Å²) >= 11 is 0. The number of hydrogen-bond acceptors (Lipinski definition) is 3. The Morgan fingerprint density at radius 2 is 2.17 bits per heavy atom. The molecule has 64 valence electrons. The smallest absolute Gasteiger partial charge is 0.198 e. The van der Waals surface area contributed by atoms with Crippen LogP contribution < -0.4 is 0 Å². The van der Waals surface area contributed by atoms with Crippen LogP contribution >= 0.6 is 0 Å². The third kappa shape index (κ3) is 0.806. The van der Waals surface area contributed by atoms with E-state index in [4.69, 9.17) is 9.47 Å². The van der Waals surface area contributed by atoms with Gasteiger partial charge in [0.05, 0.1) is 0 Å². The third-order valence-corrected chi connectivity index (χ3v) is 2.40. The standard InChI is InChI=1S/C9H11NO2/c1-11-9(12-2)5-7-6-10-4-3-8(7)9/h3-4,6H,5H2,1-2H3. The Kier molecular flexibility index (Phi) is 1.63. The summed E-state index contributed by atoms with van der Waals surface area (Å²) in [6.07, 6.45) is 4.40.